The molecule has 2 aliphatic rings. The summed E-state index contributed by atoms with van der Waals surface area (Å²) < 4.78 is 39.3. The van der Waals surface area contributed by atoms with E-state index in [1.54, 1.807) is 6.92 Å². The molecule has 3 unspecified atom stereocenters. The lowest BCUT2D eigenvalue weighted by molar-refractivity contribution is -0.128. The van der Waals surface area contributed by atoms with Crippen molar-refractivity contribution in [2.75, 3.05) is 20.8 Å². The van der Waals surface area contributed by atoms with Crippen molar-refractivity contribution in [1.29, 1.82) is 5.26 Å². The molecule has 0 bridgehead atoms. The first-order valence-electron chi connectivity index (χ1n) is 11.1. The van der Waals surface area contributed by atoms with Crippen molar-refractivity contribution in [1.82, 2.24) is 10.3 Å². The zero-order valence-corrected chi connectivity index (χ0v) is 20.7. The fourth-order valence-corrected chi connectivity index (χ4v) is 5.90. The highest BCUT2D eigenvalue weighted by Gasteiger charge is 2.70. The molecule has 1 saturated carbocycles. The van der Waals surface area contributed by atoms with E-state index in [0.717, 1.165) is 11.8 Å². The molecular formula is C25H25F2N5O3S. The molecule has 2 aromatic rings. The van der Waals surface area contributed by atoms with Gasteiger partial charge in [-0.3, -0.25) is 14.8 Å². The number of hydrogen-bond donors (Lipinski definition) is 2. The van der Waals surface area contributed by atoms with E-state index >= 15 is 4.39 Å². The normalized spacial score (nSPS) is 25.1. The summed E-state index contributed by atoms with van der Waals surface area (Å²) in [6.07, 6.45) is 2.34. The monoisotopic (exact) mass is 513 g/mol. The maximum Gasteiger partial charge on any atom is 0.237 e. The lowest BCUT2D eigenvalue weighted by atomic mass is 9.84. The summed E-state index contributed by atoms with van der Waals surface area (Å²) in [5, 5.41) is 11.9. The molecule has 188 valence electrons. The summed E-state index contributed by atoms with van der Waals surface area (Å²) in [5.74, 6) is -1.76. The number of methoxy groups -OCH3 is 2. The number of aromatic nitrogens is 1. The van der Waals surface area contributed by atoms with Crippen LogP contribution in [0.25, 0.3) is 11.9 Å². The number of amidine groups is 1. The van der Waals surface area contributed by atoms with Crippen LogP contribution in [0.1, 0.15) is 35.7 Å². The fraction of sp³-hybridized carbons (Fsp3) is 0.360. The van der Waals surface area contributed by atoms with Crippen LogP contribution in [0.4, 0.5) is 8.78 Å². The van der Waals surface area contributed by atoms with Crippen molar-refractivity contribution < 1.29 is 23.0 Å². The second kappa shape index (κ2) is 9.97. The topological polar surface area (TPSA) is 123 Å². The first-order chi connectivity index (χ1) is 17.2. The number of ether oxygens (including phenoxy) is 2. The SMILES string of the molecule is COC(CNC(=O)C12CC1C(C)(c1cc(C=C(F)c3ccc(C#N)cn3)ccc1F)N=C(N)S2)OC. The third-order valence-electron chi connectivity index (χ3n) is 6.52. The maximum absolute atomic E-state index is 15.1. The predicted molar refractivity (Wildman–Crippen MR) is 133 cm³/mol. The second-order valence-electron chi connectivity index (χ2n) is 8.73. The zero-order valence-electron chi connectivity index (χ0n) is 19.9. The average Bonchev–Trinajstić information content (AvgIpc) is 3.62. The summed E-state index contributed by atoms with van der Waals surface area (Å²) in [7, 11) is 2.94. The number of benzene rings is 1. The number of pyridine rings is 1. The van der Waals surface area contributed by atoms with E-state index in [2.05, 4.69) is 15.3 Å². The number of thioether (sulfide) groups is 1. The molecule has 4 rings (SSSR count). The molecule has 36 heavy (non-hydrogen) atoms. The number of nitrogens with zero attached hydrogens (tertiary/aromatic N) is 3. The number of halogens is 2. The van der Waals surface area contributed by atoms with Crippen molar-refractivity contribution >= 4 is 34.7 Å². The number of carbonyl (C=O) groups is 1. The Morgan fingerprint density at radius 3 is 2.78 bits per heavy atom. The van der Waals surface area contributed by atoms with Crippen LogP contribution in [0.15, 0.2) is 41.5 Å². The van der Waals surface area contributed by atoms with Crippen LogP contribution >= 0.6 is 11.8 Å². The molecule has 1 aliphatic carbocycles. The molecule has 3 N–H and O–H groups in total. The van der Waals surface area contributed by atoms with Crippen LogP contribution in [0, 0.1) is 23.1 Å². The Morgan fingerprint density at radius 1 is 1.39 bits per heavy atom. The van der Waals surface area contributed by atoms with Gasteiger partial charge < -0.3 is 20.5 Å². The minimum absolute atomic E-state index is 0.0470. The Labute approximate surface area is 211 Å². The van der Waals surface area contributed by atoms with Crippen molar-refractivity contribution in [3.05, 3.63) is 64.7 Å². The Morgan fingerprint density at radius 2 is 2.14 bits per heavy atom. The van der Waals surface area contributed by atoms with Crippen LogP contribution in [0.5, 0.6) is 0 Å². The van der Waals surface area contributed by atoms with Crippen molar-refractivity contribution in [3.8, 4) is 6.07 Å². The molecule has 1 aromatic carbocycles. The minimum atomic E-state index is -1.13. The van der Waals surface area contributed by atoms with Gasteiger partial charge in [0.2, 0.25) is 5.91 Å². The van der Waals surface area contributed by atoms with E-state index in [-0.39, 0.29) is 34.8 Å². The standard InChI is InChI=1S/C25H25F2N5O3S/c1-24(20-10-25(20,36-23(29)32-24)22(33)31-13-21(34-2)35-3)16-8-14(4-6-17(16)26)9-18(27)19-7-5-15(11-28)12-30-19/h4-9,12,20-21H,10,13H2,1-3H3,(H2,29,32)(H,31,33). The molecule has 1 fully saturated rings. The van der Waals surface area contributed by atoms with Crippen LogP contribution in [0.3, 0.4) is 0 Å². The lowest BCUT2D eigenvalue weighted by Gasteiger charge is -2.34. The number of carbonyl (C=O) groups excluding carboxylic acids is 1. The number of amides is 1. The van der Waals surface area contributed by atoms with Gasteiger partial charge in [-0.05, 0) is 49.2 Å². The molecule has 1 amide bonds. The van der Waals surface area contributed by atoms with E-state index < -0.39 is 28.2 Å². The van der Waals surface area contributed by atoms with E-state index in [0.29, 0.717) is 17.5 Å². The van der Waals surface area contributed by atoms with Crippen LogP contribution in [-0.4, -0.2) is 47.9 Å². The maximum atomic E-state index is 15.1. The molecule has 1 aromatic heterocycles. The van der Waals surface area contributed by atoms with Gasteiger partial charge in [0.15, 0.2) is 11.5 Å². The molecular weight excluding hydrogens is 488 g/mol. The Hall–Kier alpha value is -3.33. The Bertz CT molecular complexity index is 1280. The van der Waals surface area contributed by atoms with Gasteiger partial charge in [0.25, 0.3) is 0 Å². The van der Waals surface area contributed by atoms with Crippen LogP contribution < -0.4 is 11.1 Å². The van der Waals surface area contributed by atoms with E-state index in [4.69, 9.17) is 20.5 Å². The smallest absolute Gasteiger partial charge is 0.237 e. The summed E-state index contributed by atoms with van der Waals surface area (Å²) >= 11 is 1.16. The van der Waals surface area contributed by atoms with Gasteiger partial charge in [0.05, 0.1) is 23.3 Å². The highest BCUT2D eigenvalue weighted by molar-refractivity contribution is 8.15. The molecule has 0 spiro atoms. The average molecular weight is 514 g/mol. The van der Waals surface area contributed by atoms with Gasteiger partial charge in [-0.1, -0.05) is 17.8 Å². The molecule has 2 heterocycles. The van der Waals surface area contributed by atoms with Gasteiger partial charge in [-0.15, -0.1) is 0 Å². The summed E-state index contributed by atoms with van der Waals surface area (Å²) in [6, 6.07) is 8.98. The number of nitriles is 1. The first-order valence-corrected chi connectivity index (χ1v) is 11.9. The van der Waals surface area contributed by atoms with Gasteiger partial charge in [0.1, 0.15) is 22.5 Å². The molecule has 0 saturated heterocycles. The van der Waals surface area contributed by atoms with E-state index in [9.17, 15) is 9.18 Å². The Kier molecular flexibility index (Phi) is 7.13. The second-order valence-corrected chi connectivity index (χ2v) is 10.1. The lowest BCUT2D eigenvalue weighted by Crippen LogP contribution is -2.46. The third kappa shape index (κ3) is 4.72. The van der Waals surface area contributed by atoms with Gasteiger partial charge >= 0.3 is 0 Å². The minimum Gasteiger partial charge on any atom is -0.378 e. The highest BCUT2D eigenvalue weighted by atomic mass is 32.2. The molecule has 0 radical (unpaired) electrons. The predicted octanol–water partition coefficient (Wildman–Crippen LogP) is 3.33. The quantitative estimate of drug-likeness (QED) is 0.519. The largest absolute Gasteiger partial charge is 0.378 e. The van der Waals surface area contributed by atoms with Gasteiger partial charge in [0, 0.05) is 31.9 Å². The summed E-state index contributed by atoms with van der Waals surface area (Å²) in [5.41, 5.74) is 5.95. The van der Waals surface area contributed by atoms with Crippen molar-refractivity contribution in [3.63, 3.8) is 0 Å². The number of nitrogens with one attached hydrogen (secondary N) is 1. The van der Waals surface area contributed by atoms with Gasteiger partial charge in [-0.2, -0.15) is 5.26 Å². The van der Waals surface area contributed by atoms with Crippen LogP contribution in [0.2, 0.25) is 0 Å². The molecule has 11 heteroatoms. The first kappa shape index (κ1) is 25.8. The van der Waals surface area contributed by atoms with E-state index in [1.165, 1.54) is 56.8 Å². The fourth-order valence-electron chi connectivity index (χ4n) is 4.50. The summed E-state index contributed by atoms with van der Waals surface area (Å²) in [4.78, 5) is 21.6. The molecule has 1 aliphatic heterocycles. The van der Waals surface area contributed by atoms with Gasteiger partial charge in [-0.25, -0.2) is 8.78 Å². The Balaban J connectivity index is 1.62. The number of fused-ring (bicyclic) bond motifs is 1. The van der Waals surface area contributed by atoms with Crippen molar-refractivity contribution in [2.24, 2.45) is 16.6 Å². The number of nitrogens with two attached hydrogens (primary N) is 1. The zero-order chi connectivity index (χ0) is 26.1. The number of rotatable bonds is 8. The molecule has 8 nitrogen and oxygen atoms in total. The van der Waals surface area contributed by atoms with Crippen LogP contribution in [-0.2, 0) is 19.8 Å². The highest BCUT2D eigenvalue weighted by Crippen LogP contribution is 2.66. The number of hydrogen-bond acceptors (Lipinski definition) is 8. The third-order valence-corrected chi connectivity index (χ3v) is 7.82. The van der Waals surface area contributed by atoms with Crippen molar-refractivity contribution in [2.45, 2.75) is 29.9 Å². The van der Waals surface area contributed by atoms with E-state index in [1.807, 2.05) is 6.07 Å². The number of aliphatic imine (C=N–C) groups is 1. The molecule has 3 atom stereocenters. The summed E-state index contributed by atoms with van der Waals surface area (Å²) in [6.45, 7) is 1.88.